The number of likely N-dealkylation sites (N-methyl/N-ethyl adjacent to an activating group) is 1. The van der Waals surface area contributed by atoms with Crippen molar-refractivity contribution in [3.63, 3.8) is 0 Å². The molecule has 0 radical (unpaired) electrons. The van der Waals surface area contributed by atoms with E-state index < -0.39 is 29.7 Å². The van der Waals surface area contributed by atoms with Crippen molar-refractivity contribution in [3.05, 3.63) is 28.3 Å². The van der Waals surface area contributed by atoms with Gasteiger partial charge in [-0.1, -0.05) is 11.6 Å². The average molecular weight is 391 g/mol. The molecular weight excluding hydrogens is 372 g/mol. The molecule has 0 aliphatic carbocycles. The topological polar surface area (TPSA) is 90.0 Å². The van der Waals surface area contributed by atoms with Crippen molar-refractivity contribution in [2.75, 3.05) is 38.1 Å². The number of carbonyl (C=O) groups excluding carboxylic acids is 4. The lowest BCUT2D eigenvalue weighted by Gasteiger charge is -2.34. The third-order valence-electron chi connectivity index (χ3n) is 5.35. The number of piperidine rings is 1. The van der Waals surface area contributed by atoms with E-state index in [9.17, 15) is 19.2 Å². The summed E-state index contributed by atoms with van der Waals surface area (Å²) in [5, 5.41) is 2.60. The zero-order valence-electron chi connectivity index (χ0n) is 14.8. The van der Waals surface area contributed by atoms with Crippen molar-refractivity contribution in [1.82, 2.24) is 15.1 Å². The Morgan fingerprint density at radius 1 is 1.00 bits per heavy atom. The van der Waals surface area contributed by atoms with Crippen LogP contribution in [0.1, 0.15) is 33.6 Å². The van der Waals surface area contributed by atoms with Crippen LogP contribution in [0.25, 0.3) is 0 Å². The van der Waals surface area contributed by atoms with Crippen molar-refractivity contribution in [3.8, 4) is 0 Å². The summed E-state index contributed by atoms with van der Waals surface area (Å²) in [4.78, 5) is 54.4. The van der Waals surface area contributed by atoms with Gasteiger partial charge >= 0.3 is 0 Å². The lowest BCUT2D eigenvalue weighted by Crippen LogP contribution is -2.54. The predicted molar refractivity (Wildman–Crippen MR) is 97.8 cm³/mol. The standard InChI is InChI=1S/C18H19ClN4O4/c1-21-4-6-22(7-5-21)14-9-11-10(8-12(14)19)17(26)23(18(11)27)13-2-3-15(24)20-16(13)25/h8-9,13H,2-7H2,1H3,(H,20,24,25). The molecule has 9 heteroatoms. The maximum absolute atomic E-state index is 12.9. The number of hydrogen-bond donors (Lipinski definition) is 1. The summed E-state index contributed by atoms with van der Waals surface area (Å²) in [6.45, 7) is 3.30. The highest BCUT2D eigenvalue weighted by Crippen LogP contribution is 2.35. The molecule has 0 saturated carbocycles. The van der Waals surface area contributed by atoms with Crippen LogP contribution in [0.5, 0.6) is 0 Å². The Labute approximate surface area is 161 Å². The lowest BCUT2D eigenvalue weighted by atomic mass is 10.0. The number of piperazine rings is 1. The third-order valence-corrected chi connectivity index (χ3v) is 5.65. The van der Waals surface area contributed by atoms with Gasteiger partial charge in [0.15, 0.2) is 0 Å². The molecular formula is C18H19ClN4O4. The number of imide groups is 2. The van der Waals surface area contributed by atoms with Gasteiger partial charge in [0, 0.05) is 32.6 Å². The minimum absolute atomic E-state index is 0.0944. The molecule has 8 nitrogen and oxygen atoms in total. The Morgan fingerprint density at radius 2 is 1.63 bits per heavy atom. The van der Waals surface area contributed by atoms with Gasteiger partial charge in [-0.3, -0.25) is 29.4 Å². The molecule has 4 amide bonds. The Bertz CT molecular complexity index is 863. The zero-order chi connectivity index (χ0) is 19.3. The summed E-state index contributed by atoms with van der Waals surface area (Å²) in [7, 11) is 2.04. The molecule has 4 rings (SSSR count). The van der Waals surface area contributed by atoms with Crippen LogP contribution in [0, 0.1) is 0 Å². The number of carbonyl (C=O) groups is 4. The molecule has 1 N–H and O–H groups in total. The van der Waals surface area contributed by atoms with Crippen LogP contribution < -0.4 is 10.2 Å². The summed E-state index contributed by atoms with van der Waals surface area (Å²) >= 11 is 6.41. The normalized spacial score (nSPS) is 23.7. The van der Waals surface area contributed by atoms with Crippen LogP contribution in [0.4, 0.5) is 5.69 Å². The average Bonchev–Trinajstić information content (AvgIpc) is 2.86. The van der Waals surface area contributed by atoms with Crippen LogP contribution in [-0.4, -0.2) is 72.7 Å². The molecule has 142 valence electrons. The number of halogens is 1. The van der Waals surface area contributed by atoms with Crippen molar-refractivity contribution >= 4 is 40.9 Å². The fourth-order valence-electron chi connectivity index (χ4n) is 3.77. The van der Waals surface area contributed by atoms with E-state index in [1.807, 2.05) is 7.05 Å². The van der Waals surface area contributed by atoms with Crippen molar-refractivity contribution in [1.29, 1.82) is 0 Å². The molecule has 3 aliphatic heterocycles. The van der Waals surface area contributed by atoms with Gasteiger partial charge in [-0.15, -0.1) is 0 Å². The van der Waals surface area contributed by atoms with Crippen LogP contribution in [0.2, 0.25) is 5.02 Å². The fraction of sp³-hybridized carbons (Fsp3) is 0.444. The molecule has 1 aromatic rings. The molecule has 0 bridgehead atoms. The Balaban J connectivity index is 1.65. The number of rotatable bonds is 2. The zero-order valence-corrected chi connectivity index (χ0v) is 15.6. The second kappa shape index (κ2) is 6.61. The van der Waals surface area contributed by atoms with Crippen LogP contribution >= 0.6 is 11.6 Å². The summed E-state index contributed by atoms with van der Waals surface area (Å²) in [6.07, 6.45) is 0.228. The molecule has 1 unspecified atom stereocenters. The summed E-state index contributed by atoms with van der Waals surface area (Å²) < 4.78 is 0. The Morgan fingerprint density at radius 3 is 2.26 bits per heavy atom. The maximum atomic E-state index is 12.9. The SMILES string of the molecule is CN1CCN(c2cc3c(cc2Cl)C(=O)N(C2CCC(=O)NC2=O)C3=O)CC1. The molecule has 0 aromatic heterocycles. The van der Waals surface area contributed by atoms with Gasteiger partial charge in [-0.05, 0) is 25.6 Å². The third kappa shape index (κ3) is 2.98. The first-order valence-corrected chi connectivity index (χ1v) is 9.23. The number of amides is 4. The van der Waals surface area contributed by atoms with E-state index in [0.29, 0.717) is 5.02 Å². The second-order valence-corrected chi connectivity index (χ2v) is 7.49. The highest BCUT2D eigenvalue weighted by atomic mass is 35.5. The van der Waals surface area contributed by atoms with Gasteiger partial charge < -0.3 is 9.80 Å². The summed E-state index contributed by atoms with van der Waals surface area (Å²) in [5.74, 6) is -2.08. The van der Waals surface area contributed by atoms with Crippen LogP contribution in [-0.2, 0) is 9.59 Å². The van der Waals surface area contributed by atoms with E-state index in [4.69, 9.17) is 11.6 Å². The van der Waals surface area contributed by atoms with Crippen molar-refractivity contribution < 1.29 is 19.2 Å². The number of nitrogens with one attached hydrogen (secondary N) is 1. The van der Waals surface area contributed by atoms with Gasteiger partial charge in [-0.25, -0.2) is 0 Å². The molecule has 2 saturated heterocycles. The van der Waals surface area contributed by atoms with Gasteiger partial charge in [0.05, 0.1) is 21.8 Å². The number of fused-ring (bicyclic) bond motifs is 1. The predicted octanol–water partition coefficient (Wildman–Crippen LogP) is 0.493. The van der Waals surface area contributed by atoms with Crippen molar-refractivity contribution in [2.24, 2.45) is 0 Å². The molecule has 1 aromatic carbocycles. The number of benzene rings is 1. The first kappa shape index (κ1) is 17.9. The molecule has 1 atom stereocenters. The largest absolute Gasteiger partial charge is 0.368 e. The highest BCUT2D eigenvalue weighted by molar-refractivity contribution is 6.35. The smallest absolute Gasteiger partial charge is 0.262 e. The second-order valence-electron chi connectivity index (χ2n) is 7.09. The molecule has 3 heterocycles. The molecule has 2 fully saturated rings. The summed E-state index contributed by atoms with van der Waals surface area (Å²) in [5.41, 5.74) is 1.17. The minimum atomic E-state index is -0.971. The Kier molecular flexibility index (Phi) is 4.39. The fourth-order valence-corrected chi connectivity index (χ4v) is 4.05. The Hall–Kier alpha value is -2.45. The minimum Gasteiger partial charge on any atom is -0.368 e. The van der Waals surface area contributed by atoms with E-state index in [1.165, 1.54) is 6.07 Å². The van der Waals surface area contributed by atoms with Crippen molar-refractivity contribution in [2.45, 2.75) is 18.9 Å². The molecule has 0 spiro atoms. The van der Waals surface area contributed by atoms with Gasteiger partial charge in [0.1, 0.15) is 6.04 Å². The number of nitrogens with zero attached hydrogens (tertiary/aromatic N) is 3. The van der Waals surface area contributed by atoms with E-state index in [0.717, 1.165) is 36.8 Å². The molecule has 27 heavy (non-hydrogen) atoms. The monoisotopic (exact) mass is 390 g/mol. The van der Waals surface area contributed by atoms with Gasteiger partial charge in [0.25, 0.3) is 11.8 Å². The first-order valence-electron chi connectivity index (χ1n) is 8.85. The summed E-state index contributed by atoms with van der Waals surface area (Å²) in [6, 6.07) is 2.19. The van der Waals surface area contributed by atoms with Gasteiger partial charge in [-0.2, -0.15) is 0 Å². The lowest BCUT2D eigenvalue weighted by molar-refractivity contribution is -0.136. The molecule has 3 aliphatic rings. The van der Waals surface area contributed by atoms with E-state index in [2.05, 4.69) is 15.1 Å². The van der Waals surface area contributed by atoms with E-state index in [-0.39, 0.29) is 24.0 Å². The first-order chi connectivity index (χ1) is 12.9. The number of anilines is 1. The van der Waals surface area contributed by atoms with Crippen LogP contribution in [0.3, 0.4) is 0 Å². The maximum Gasteiger partial charge on any atom is 0.262 e. The van der Waals surface area contributed by atoms with E-state index in [1.54, 1.807) is 6.07 Å². The van der Waals surface area contributed by atoms with Crippen LogP contribution in [0.15, 0.2) is 12.1 Å². The highest BCUT2D eigenvalue weighted by Gasteiger charge is 2.45. The van der Waals surface area contributed by atoms with E-state index >= 15 is 0 Å². The number of hydrogen-bond acceptors (Lipinski definition) is 6. The van der Waals surface area contributed by atoms with Gasteiger partial charge in [0.2, 0.25) is 11.8 Å². The quantitative estimate of drug-likeness (QED) is 0.739.